The van der Waals surface area contributed by atoms with Gasteiger partial charge in [-0.05, 0) is 26.3 Å². The molecule has 0 saturated carbocycles. The van der Waals surface area contributed by atoms with E-state index in [2.05, 4.69) is 44.7 Å². The molecular formula is C12H25N. The summed E-state index contributed by atoms with van der Waals surface area (Å²) in [4.78, 5) is 0. The zero-order chi connectivity index (χ0) is 10.5. The summed E-state index contributed by atoms with van der Waals surface area (Å²) in [5.41, 5.74) is 6.09. The summed E-state index contributed by atoms with van der Waals surface area (Å²) in [6.07, 6.45) is 11.6. The maximum absolute atomic E-state index is 4.50. The van der Waals surface area contributed by atoms with Crippen molar-refractivity contribution in [2.75, 3.05) is 7.05 Å². The van der Waals surface area contributed by atoms with E-state index >= 15 is 0 Å². The molecule has 0 aliphatic heterocycles. The lowest BCUT2D eigenvalue weighted by Gasteiger charge is -2.03. The van der Waals surface area contributed by atoms with Gasteiger partial charge in [0.1, 0.15) is 0 Å². The summed E-state index contributed by atoms with van der Waals surface area (Å²) >= 11 is 0. The normalized spacial score (nSPS) is 13.2. The molecule has 1 nitrogen and oxygen atoms in total. The second-order valence-electron chi connectivity index (χ2n) is 2.85. The molecule has 0 aromatic carbocycles. The molecule has 1 aliphatic carbocycles. The van der Waals surface area contributed by atoms with Crippen LogP contribution in [0.1, 0.15) is 46.5 Å². The molecule has 0 fully saturated rings. The van der Waals surface area contributed by atoms with E-state index in [1.54, 1.807) is 5.57 Å². The summed E-state index contributed by atoms with van der Waals surface area (Å²) in [6, 6.07) is 0. The van der Waals surface area contributed by atoms with Crippen LogP contribution < -0.4 is 5.73 Å². The van der Waals surface area contributed by atoms with Gasteiger partial charge in [-0.3, -0.25) is 0 Å². The maximum atomic E-state index is 4.50. The van der Waals surface area contributed by atoms with E-state index in [0.717, 1.165) is 0 Å². The first kappa shape index (κ1) is 14.9. The van der Waals surface area contributed by atoms with Crippen molar-refractivity contribution in [3.63, 3.8) is 0 Å². The molecule has 0 spiro atoms. The zero-order valence-corrected chi connectivity index (χ0v) is 9.64. The van der Waals surface area contributed by atoms with Crippen LogP contribution in [0, 0.1) is 0 Å². The third-order valence-electron chi connectivity index (χ3n) is 1.55. The van der Waals surface area contributed by atoms with Crippen LogP contribution in [0.25, 0.3) is 0 Å². The summed E-state index contributed by atoms with van der Waals surface area (Å²) < 4.78 is 0. The van der Waals surface area contributed by atoms with Crippen molar-refractivity contribution >= 4 is 0 Å². The SMILES string of the molecule is CCC.CCC1=CC=CCC1.CN. The lowest BCUT2D eigenvalue weighted by atomic mass is 10.0. The van der Waals surface area contributed by atoms with E-state index in [-0.39, 0.29) is 0 Å². The maximum Gasteiger partial charge on any atom is -0.0195 e. The summed E-state index contributed by atoms with van der Waals surface area (Å²) in [5, 5.41) is 0. The van der Waals surface area contributed by atoms with Gasteiger partial charge < -0.3 is 5.73 Å². The Labute approximate surface area is 83.7 Å². The van der Waals surface area contributed by atoms with Crippen molar-refractivity contribution < 1.29 is 0 Å². The quantitative estimate of drug-likeness (QED) is 0.659. The first-order valence-corrected chi connectivity index (χ1v) is 5.27. The molecule has 13 heavy (non-hydrogen) atoms. The molecule has 0 unspecified atom stereocenters. The van der Waals surface area contributed by atoms with Crippen LogP contribution in [0.2, 0.25) is 0 Å². The van der Waals surface area contributed by atoms with Gasteiger partial charge in [-0.15, -0.1) is 0 Å². The van der Waals surface area contributed by atoms with Gasteiger partial charge in [-0.2, -0.15) is 0 Å². The van der Waals surface area contributed by atoms with Crippen LogP contribution in [0.5, 0.6) is 0 Å². The molecular weight excluding hydrogens is 158 g/mol. The minimum Gasteiger partial charge on any atom is -0.333 e. The molecule has 0 radical (unpaired) electrons. The highest BCUT2D eigenvalue weighted by Gasteiger charge is 1.93. The van der Waals surface area contributed by atoms with Crippen LogP contribution in [0.3, 0.4) is 0 Å². The number of allylic oxidation sites excluding steroid dienone is 4. The fourth-order valence-electron chi connectivity index (χ4n) is 0.947. The molecule has 0 saturated heterocycles. The number of hydrogen-bond acceptors (Lipinski definition) is 1. The van der Waals surface area contributed by atoms with Gasteiger partial charge >= 0.3 is 0 Å². The lowest BCUT2D eigenvalue weighted by Crippen LogP contribution is -1.83. The minimum atomic E-state index is 1.23. The molecule has 1 aliphatic rings. The van der Waals surface area contributed by atoms with Gasteiger partial charge in [-0.25, -0.2) is 0 Å². The third kappa shape index (κ3) is 11.4. The Hall–Kier alpha value is -0.560. The van der Waals surface area contributed by atoms with Gasteiger partial charge in [0.15, 0.2) is 0 Å². The van der Waals surface area contributed by atoms with Crippen LogP contribution in [0.4, 0.5) is 0 Å². The molecule has 0 atom stereocenters. The molecule has 0 amide bonds. The Morgan fingerprint density at radius 2 is 1.77 bits per heavy atom. The Morgan fingerprint density at radius 1 is 1.23 bits per heavy atom. The summed E-state index contributed by atoms with van der Waals surface area (Å²) in [5.74, 6) is 0. The van der Waals surface area contributed by atoms with Crippen LogP contribution in [-0.4, -0.2) is 7.05 Å². The first-order chi connectivity index (χ1) is 6.35. The highest BCUT2D eigenvalue weighted by Crippen LogP contribution is 2.13. The lowest BCUT2D eigenvalue weighted by molar-refractivity contribution is 0.895. The molecule has 78 valence electrons. The fraction of sp³-hybridized carbons (Fsp3) is 0.667. The number of rotatable bonds is 1. The standard InChI is InChI=1S/C8H12.C3H8.CH5N/c1-2-8-6-4-3-5-7-8;1-3-2;1-2/h3-4,6H,2,5,7H2,1H3;3H2,1-2H3;2H2,1H3. The average molecular weight is 183 g/mol. The number of hydrogen-bond donors (Lipinski definition) is 1. The van der Waals surface area contributed by atoms with E-state index in [4.69, 9.17) is 0 Å². The van der Waals surface area contributed by atoms with Crippen molar-refractivity contribution in [1.82, 2.24) is 0 Å². The van der Waals surface area contributed by atoms with Crippen LogP contribution >= 0.6 is 0 Å². The van der Waals surface area contributed by atoms with Gasteiger partial charge in [0.25, 0.3) is 0 Å². The monoisotopic (exact) mass is 183 g/mol. The van der Waals surface area contributed by atoms with Crippen LogP contribution in [-0.2, 0) is 0 Å². The molecule has 2 N–H and O–H groups in total. The van der Waals surface area contributed by atoms with E-state index in [0.29, 0.717) is 0 Å². The van der Waals surface area contributed by atoms with Crippen molar-refractivity contribution in [3.05, 3.63) is 23.8 Å². The molecule has 0 heterocycles. The van der Waals surface area contributed by atoms with Gasteiger partial charge in [0.05, 0.1) is 0 Å². The third-order valence-corrected chi connectivity index (χ3v) is 1.55. The van der Waals surface area contributed by atoms with E-state index in [1.165, 1.54) is 32.7 Å². The molecule has 0 aromatic rings. The average Bonchev–Trinajstić information content (AvgIpc) is 2.23. The van der Waals surface area contributed by atoms with Gasteiger partial charge in [0, 0.05) is 0 Å². The smallest absolute Gasteiger partial charge is 0.0195 e. The summed E-state index contributed by atoms with van der Waals surface area (Å²) in [6.45, 7) is 6.46. The predicted octanol–water partition coefficient (Wildman–Crippen LogP) is 3.66. The second kappa shape index (κ2) is 14.0. The fourth-order valence-corrected chi connectivity index (χ4v) is 0.947. The highest BCUT2D eigenvalue weighted by atomic mass is 14.4. The Morgan fingerprint density at radius 3 is 2.00 bits per heavy atom. The minimum absolute atomic E-state index is 1.23. The van der Waals surface area contributed by atoms with Crippen molar-refractivity contribution in [2.24, 2.45) is 5.73 Å². The van der Waals surface area contributed by atoms with Gasteiger partial charge in [-0.1, -0.05) is 51.0 Å². The molecule has 0 aromatic heterocycles. The molecule has 1 heteroatoms. The Balaban J connectivity index is 0. The Kier molecular flexibility index (Phi) is 16.1. The predicted molar refractivity (Wildman–Crippen MR) is 62.8 cm³/mol. The number of nitrogens with two attached hydrogens (primary N) is 1. The Bertz CT molecular complexity index is 134. The largest absolute Gasteiger partial charge is 0.333 e. The van der Waals surface area contributed by atoms with E-state index in [1.807, 2.05) is 0 Å². The molecule has 0 bridgehead atoms. The zero-order valence-electron chi connectivity index (χ0n) is 9.64. The second-order valence-corrected chi connectivity index (χ2v) is 2.85. The van der Waals surface area contributed by atoms with Crippen molar-refractivity contribution in [1.29, 1.82) is 0 Å². The van der Waals surface area contributed by atoms with E-state index in [9.17, 15) is 0 Å². The first-order valence-electron chi connectivity index (χ1n) is 5.27. The molecule has 1 rings (SSSR count). The van der Waals surface area contributed by atoms with Crippen LogP contribution in [0.15, 0.2) is 23.8 Å². The highest BCUT2D eigenvalue weighted by molar-refractivity contribution is 5.16. The van der Waals surface area contributed by atoms with Crippen molar-refractivity contribution in [3.8, 4) is 0 Å². The van der Waals surface area contributed by atoms with E-state index < -0.39 is 0 Å². The van der Waals surface area contributed by atoms with Crippen molar-refractivity contribution in [2.45, 2.75) is 46.5 Å². The summed E-state index contributed by atoms with van der Waals surface area (Å²) in [7, 11) is 1.50. The van der Waals surface area contributed by atoms with Gasteiger partial charge in [0.2, 0.25) is 0 Å². The topological polar surface area (TPSA) is 26.0 Å².